The first kappa shape index (κ1) is 19.3. The molecule has 0 atom stereocenters. The molecule has 2 aromatic rings. The van der Waals surface area contributed by atoms with Crippen LogP contribution in [0.2, 0.25) is 0 Å². The fourth-order valence-corrected chi connectivity index (χ4v) is 2.63. The summed E-state index contributed by atoms with van der Waals surface area (Å²) in [5.74, 6) is -0.00594. The molecule has 4 nitrogen and oxygen atoms in total. The molecule has 1 aromatic heterocycles. The van der Waals surface area contributed by atoms with Gasteiger partial charge in [0.05, 0.1) is 5.56 Å². The lowest BCUT2D eigenvalue weighted by Gasteiger charge is -2.10. The predicted molar refractivity (Wildman–Crippen MR) is 98.0 cm³/mol. The molecule has 0 bridgehead atoms. The lowest BCUT2D eigenvalue weighted by Crippen LogP contribution is -2.32. The number of nitrogens with zero attached hydrogens (tertiary/aromatic N) is 1. The number of hydrogen-bond acceptors (Lipinski definition) is 2. The van der Waals surface area contributed by atoms with Gasteiger partial charge in [-0.25, -0.2) is 0 Å². The first-order chi connectivity index (χ1) is 10.6. The number of hydrogen-bond donors (Lipinski definition) is 2. The van der Waals surface area contributed by atoms with Gasteiger partial charge in [0.1, 0.15) is 0 Å². The number of nitrogens with one attached hydrogen (secondary N) is 2. The van der Waals surface area contributed by atoms with E-state index in [1.165, 1.54) is 0 Å². The third-order valence-corrected chi connectivity index (χ3v) is 3.70. The molecule has 23 heavy (non-hydrogen) atoms. The van der Waals surface area contributed by atoms with Crippen molar-refractivity contribution in [3.05, 3.63) is 53.3 Å². The van der Waals surface area contributed by atoms with Crippen LogP contribution in [-0.2, 0) is 0 Å². The Hall–Kier alpha value is -1.78. The fourth-order valence-electron chi connectivity index (χ4n) is 2.63. The summed E-state index contributed by atoms with van der Waals surface area (Å²) in [7, 11) is 0. The minimum Gasteiger partial charge on any atom is -0.351 e. The lowest BCUT2D eigenvalue weighted by molar-refractivity contribution is 0.0953. The summed E-state index contributed by atoms with van der Waals surface area (Å²) >= 11 is 0. The molecule has 0 unspecified atom stereocenters. The summed E-state index contributed by atoms with van der Waals surface area (Å²) < 4.78 is 2.12. The maximum Gasteiger partial charge on any atom is 0.253 e. The van der Waals surface area contributed by atoms with Gasteiger partial charge in [-0.05, 0) is 45.0 Å². The first-order valence-electron chi connectivity index (χ1n) is 7.88. The van der Waals surface area contributed by atoms with Gasteiger partial charge in [-0.1, -0.05) is 25.1 Å². The second kappa shape index (κ2) is 9.38. The summed E-state index contributed by atoms with van der Waals surface area (Å²) in [6, 6.07) is 12.1. The van der Waals surface area contributed by atoms with Gasteiger partial charge >= 0.3 is 0 Å². The number of para-hydroxylation sites is 1. The molecule has 0 aliphatic heterocycles. The molecule has 0 saturated heterocycles. The molecule has 0 fully saturated rings. The highest BCUT2D eigenvalue weighted by Gasteiger charge is 2.15. The van der Waals surface area contributed by atoms with Crippen LogP contribution in [0.1, 0.15) is 35.1 Å². The molecule has 2 N–H and O–H groups in total. The van der Waals surface area contributed by atoms with E-state index in [0.29, 0.717) is 6.54 Å². The van der Waals surface area contributed by atoms with Gasteiger partial charge in [-0.2, -0.15) is 0 Å². The van der Waals surface area contributed by atoms with Crippen LogP contribution in [0.5, 0.6) is 0 Å². The van der Waals surface area contributed by atoms with Crippen molar-refractivity contribution in [3.8, 4) is 5.69 Å². The Balaban J connectivity index is 0.00000264. The lowest BCUT2D eigenvalue weighted by atomic mass is 10.2. The molecule has 1 heterocycles. The molecule has 1 amide bonds. The van der Waals surface area contributed by atoms with Gasteiger partial charge in [0.2, 0.25) is 0 Å². The van der Waals surface area contributed by atoms with Gasteiger partial charge < -0.3 is 15.2 Å². The topological polar surface area (TPSA) is 46.1 Å². The van der Waals surface area contributed by atoms with Crippen molar-refractivity contribution in [2.75, 3.05) is 19.6 Å². The Morgan fingerprint density at radius 2 is 1.78 bits per heavy atom. The summed E-state index contributed by atoms with van der Waals surface area (Å²) in [6.45, 7) is 8.58. The molecule has 0 radical (unpaired) electrons. The van der Waals surface area contributed by atoms with Crippen LogP contribution in [0.4, 0.5) is 0 Å². The second-order valence-corrected chi connectivity index (χ2v) is 5.46. The summed E-state index contributed by atoms with van der Waals surface area (Å²) in [5.41, 5.74) is 3.87. The number of amides is 1. The summed E-state index contributed by atoms with van der Waals surface area (Å²) in [5, 5.41) is 6.25. The number of aromatic nitrogens is 1. The maximum atomic E-state index is 12.3. The van der Waals surface area contributed by atoms with E-state index in [2.05, 4.69) is 34.3 Å². The van der Waals surface area contributed by atoms with Crippen LogP contribution in [0.3, 0.4) is 0 Å². The van der Waals surface area contributed by atoms with Crippen molar-refractivity contribution in [3.63, 3.8) is 0 Å². The van der Waals surface area contributed by atoms with Crippen LogP contribution in [0, 0.1) is 13.8 Å². The maximum absolute atomic E-state index is 12.3. The fraction of sp³-hybridized carbons (Fsp3) is 0.389. The van der Waals surface area contributed by atoms with Gasteiger partial charge in [-0.15, -0.1) is 12.4 Å². The smallest absolute Gasteiger partial charge is 0.253 e. The van der Waals surface area contributed by atoms with Gasteiger partial charge in [-0.3, -0.25) is 4.79 Å². The molecular formula is C18H26ClN3O. The third-order valence-electron chi connectivity index (χ3n) is 3.70. The molecule has 0 aliphatic rings. The quantitative estimate of drug-likeness (QED) is 0.763. The largest absolute Gasteiger partial charge is 0.351 e. The number of halogens is 1. The highest BCUT2D eigenvalue weighted by Crippen LogP contribution is 2.20. The van der Waals surface area contributed by atoms with E-state index in [9.17, 15) is 4.79 Å². The molecule has 0 aliphatic carbocycles. The highest BCUT2D eigenvalue weighted by molar-refractivity contribution is 5.95. The van der Waals surface area contributed by atoms with E-state index < -0.39 is 0 Å². The Kier molecular flexibility index (Phi) is 7.86. The molecular weight excluding hydrogens is 310 g/mol. The second-order valence-electron chi connectivity index (χ2n) is 5.46. The monoisotopic (exact) mass is 335 g/mol. The van der Waals surface area contributed by atoms with Gasteiger partial charge in [0, 0.05) is 30.2 Å². The number of benzene rings is 1. The van der Waals surface area contributed by atoms with Crippen LogP contribution >= 0.6 is 12.4 Å². The predicted octanol–water partition coefficient (Wildman–Crippen LogP) is 3.25. The van der Waals surface area contributed by atoms with Gasteiger partial charge in [0.15, 0.2) is 0 Å². The minimum atomic E-state index is -0.00594. The zero-order valence-corrected chi connectivity index (χ0v) is 14.9. The van der Waals surface area contributed by atoms with Crippen LogP contribution in [-0.4, -0.2) is 30.1 Å². The molecule has 2 rings (SSSR count). The SMILES string of the molecule is CCCNCCNC(=O)c1cc(C)n(-c2ccccc2)c1C.Cl. The Labute approximate surface area is 144 Å². The minimum absolute atomic E-state index is 0. The number of aryl methyl sites for hydroxylation is 1. The molecule has 126 valence electrons. The van der Waals surface area contributed by atoms with Crippen molar-refractivity contribution in [2.24, 2.45) is 0 Å². The van der Waals surface area contributed by atoms with E-state index in [1.807, 2.05) is 38.1 Å². The van der Waals surface area contributed by atoms with Crippen molar-refractivity contribution in [2.45, 2.75) is 27.2 Å². The van der Waals surface area contributed by atoms with E-state index in [4.69, 9.17) is 0 Å². The molecule has 1 aromatic carbocycles. The third kappa shape index (κ3) is 4.85. The van der Waals surface area contributed by atoms with Crippen LogP contribution in [0.25, 0.3) is 5.69 Å². The first-order valence-corrected chi connectivity index (χ1v) is 7.88. The van der Waals surface area contributed by atoms with Gasteiger partial charge in [0.25, 0.3) is 5.91 Å². The number of rotatable bonds is 7. The number of carbonyl (C=O) groups is 1. The van der Waals surface area contributed by atoms with Crippen molar-refractivity contribution in [1.29, 1.82) is 0 Å². The van der Waals surface area contributed by atoms with E-state index in [-0.39, 0.29) is 18.3 Å². The Morgan fingerprint density at radius 3 is 2.43 bits per heavy atom. The van der Waals surface area contributed by atoms with Crippen molar-refractivity contribution < 1.29 is 4.79 Å². The van der Waals surface area contributed by atoms with Crippen LogP contribution in [0.15, 0.2) is 36.4 Å². The summed E-state index contributed by atoms with van der Waals surface area (Å²) in [6.07, 6.45) is 1.10. The zero-order valence-electron chi connectivity index (χ0n) is 14.1. The van der Waals surface area contributed by atoms with E-state index in [1.54, 1.807) is 0 Å². The highest BCUT2D eigenvalue weighted by atomic mass is 35.5. The average Bonchev–Trinajstić information content (AvgIpc) is 2.82. The number of carbonyl (C=O) groups excluding carboxylic acids is 1. The van der Waals surface area contributed by atoms with E-state index >= 15 is 0 Å². The molecule has 5 heteroatoms. The normalized spacial score (nSPS) is 10.2. The molecule has 0 saturated carbocycles. The average molecular weight is 336 g/mol. The molecule has 0 spiro atoms. The standard InChI is InChI=1S/C18H25N3O.ClH/c1-4-10-19-11-12-20-18(22)17-13-14(2)21(15(17)3)16-8-6-5-7-9-16;/h5-9,13,19H,4,10-12H2,1-3H3,(H,20,22);1H. The van der Waals surface area contributed by atoms with Crippen molar-refractivity contribution in [1.82, 2.24) is 15.2 Å². The van der Waals surface area contributed by atoms with E-state index in [0.717, 1.165) is 42.1 Å². The van der Waals surface area contributed by atoms with Crippen molar-refractivity contribution >= 4 is 18.3 Å². The van der Waals surface area contributed by atoms with Crippen LogP contribution < -0.4 is 10.6 Å². The summed E-state index contributed by atoms with van der Waals surface area (Å²) in [4.78, 5) is 12.3. The Morgan fingerprint density at radius 1 is 1.09 bits per heavy atom. The zero-order chi connectivity index (χ0) is 15.9. The Bertz CT molecular complexity index is 623.